The molecule has 0 aromatic heterocycles. The maximum absolute atomic E-state index is 11.1. The van der Waals surface area contributed by atoms with Crippen molar-refractivity contribution >= 4 is 11.5 Å². The molecule has 0 unspecified atom stereocenters. The fraction of sp³-hybridized carbons (Fsp3) is 0.250. The molecule has 0 bridgehead atoms. The molecule has 0 atom stereocenters. The summed E-state index contributed by atoms with van der Waals surface area (Å²) in [5.41, 5.74) is 2.76. The molecule has 14 heavy (non-hydrogen) atoms. The predicted molar refractivity (Wildman–Crippen MR) is 59.2 cm³/mol. The van der Waals surface area contributed by atoms with Crippen LogP contribution in [0, 0.1) is 6.92 Å². The van der Waals surface area contributed by atoms with Crippen molar-refractivity contribution in [3.8, 4) is 0 Å². The van der Waals surface area contributed by atoms with Crippen LogP contribution >= 0.6 is 0 Å². The second-order valence-electron chi connectivity index (χ2n) is 3.25. The Morgan fingerprint density at radius 3 is 2.64 bits per heavy atom. The summed E-state index contributed by atoms with van der Waals surface area (Å²) in [5, 5.41) is 3.08. The molecule has 1 rings (SSSR count). The Kier molecular flexibility index (Phi) is 3.46. The van der Waals surface area contributed by atoms with Gasteiger partial charge in [0, 0.05) is 12.6 Å². The number of rotatable bonds is 3. The summed E-state index contributed by atoms with van der Waals surface area (Å²) >= 11 is 0. The quantitative estimate of drug-likeness (QED) is 0.741. The number of anilines is 1. The van der Waals surface area contributed by atoms with Gasteiger partial charge in [-0.1, -0.05) is 18.2 Å². The van der Waals surface area contributed by atoms with Crippen LogP contribution in [0.4, 0.5) is 5.69 Å². The van der Waals surface area contributed by atoms with Gasteiger partial charge in [-0.3, -0.25) is 4.79 Å². The third-order valence-electron chi connectivity index (χ3n) is 1.97. The van der Waals surface area contributed by atoms with Crippen LogP contribution in [0.2, 0.25) is 0 Å². The number of allylic oxidation sites excluding steroid dienone is 2. The van der Waals surface area contributed by atoms with Crippen molar-refractivity contribution in [1.29, 1.82) is 0 Å². The Morgan fingerprint density at radius 2 is 2.14 bits per heavy atom. The lowest BCUT2D eigenvalue weighted by atomic mass is 10.2. The van der Waals surface area contributed by atoms with Crippen LogP contribution in [0.1, 0.15) is 19.4 Å². The number of carbonyl (C=O) groups is 1. The topological polar surface area (TPSA) is 29.1 Å². The van der Waals surface area contributed by atoms with Crippen molar-refractivity contribution in [3.63, 3.8) is 0 Å². The summed E-state index contributed by atoms with van der Waals surface area (Å²) in [6, 6.07) is 7.94. The molecule has 0 aliphatic carbocycles. The Labute approximate surface area is 84.6 Å². The summed E-state index contributed by atoms with van der Waals surface area (Å²) in [6.45, 7) is 5.42. The summed E-state index contributed by atoms with van der Waals surface area (Å²) in [7, 11) is 0. The van der Waals surface area contributed by atoms with Gasteiger partial charge < -0.3 is 5.32 Å². The minimum absolute atomic E-state index is 0.0500. The highest BCUT2D eigenvalue weighted by Crippen LogP contribution is 2.12. The smallest absolute Gasteiger partial charge is 0.175 e. The average molecular weight is 189 g/mol. The molecule has 2 nitrogen and oxygen atoms in total. The lowest BCUT2D eigenvalue weighted by molar-refractivity contribution is -0.113. The molecule has 0 spiro atoms. The minimum atomic E-state index is 0.0500. The maximum atomic E-state index is 11.1. The normalized spacial score (nSPS) is 11.2. The fourth-order valence-corrected chi connectivity index (χ4v) is 1.24. The third-order valence-corrected chi connectivity index (χ3v) is 1.97. The van der Waals surface area contributed by atoms with Crippen molar-refractivity contribution in [2.75, 3.05) is 5.32 Å². The zero-order valence-electron chi connectivity index (χ0n) is 8.79. The largest absolute Gasteiger partial charge is 0.353 e. The third kappa shape index (κ3) is 2.73. The monoisotopic (exact) mass is 189 g/mol. The molecule has 1 aromatic carbocycles. The van der Waals surface area contributed by atoms with Crippen LogP contribution in [-0.2, 0) is 4.79 Å². The Morgan fingerprint density at radius 1 is 1.43 bits per heavy atom. The van der Waals surface area contributed by atoms with E-state index < -0.39 is 0 Å². The second kappa shape index (κ2) is 4.61. The molecule has 0 amide bonds. The molecule has 0 radical (unpaired) electrons. The van der Waals surface area contributed by atoms with E-state index in [1.54, 1.807) is 13.0 Å². The molecule has 2 heteroatoms. The highest BCUT2D eigenvalue weighted by Gasteiger charge is 2.01. The van der Waals surface area contributed by atoms with E-state index in [9.17, 15) is 4.79 Å². The van der Waals surface area contributed by atoms with Gasteiger partial charge >= 0.3 is 0 Å². The molecule has 1 N–H and O–H groups in total. The number of aryl methyl sites for hydroxylation is 1. The Balaban J connectivity index is 2.83. The van der Waals surface area contributed by atoms with Crippen LogP contribution in [0.3, 0.4) is 0 Å². The van der Waals surface area contributed by atoms with E-state index in [1.165, 1.54) is 5.56 Å². The maximum Gasteiger partial charge on any atom is 0.175 e. The highest BCUT2D eigenvalue weighted by atomic mass is 16.1. The number of nitrogens with one attached hydrogen (secondary N) is 1. The van der Waals surface area contributed by atoms with Crippen molar-refractivity contribution in [2.45, 2.75) is 20.8 Å². The van der Waals surface area contributed by atoms with Crippen LogP contribution in [0.15, 0.2) is 36.0 Å². The standard InChI is InChI=1S/C12H15NO/c1-4-12(10(3)14)13-11-7-5-6-9(2)8-11/h4-8,13H,1-3H3/b12-4-. The first-order valence-corrected chi connectivity index (χ1v) is 4.64. The Hall–Kier alpha value is -1.57. The van der Waals surface area contributed by atoms with E-state index >= 15 is 0 Å². The van der Waals surface area contributed by atoms with Gasteiger partial charge in [-0.25, -0.2) is 0 Å². The molecule has 0 heterocycles. The van der Waals surface area contributed by atoms with E-state index in [0.29, 0.717) is 5.70 Å². The van der Waals surface area contributed by atoms with Gasteiger partial charge in [0.1, 0.15) is 0 Å². The lowest BCUT2D eigenvalue weighted by Gasteiger charge is -2.07. The zero-order valence-corrected chi connectivity index (χ0v) is 8.79. The number of Topliss-reactive ketones (excluding diaryl/α,β-unsaturated/α-hetero) is 1. The van der Waals surface area contributed by atoms with Gasteiger partial charge in [0.25, 0.3) is 0 Å². The second-order valence-corrected chi connectivity index (χ2v) is 3.25. The molecule has 0 saturated carbocycles. The predicted octanol–water partition coefficient (Wildman–Crippen LogP) is 2.90. The molecule has 0 saturated heterocycles. The van der Waals surface area contributed by atoms with Crippen molar-refractivity contribution in [1.82, 2.24) is 0 Å². The Bertz CT molecular complexity index is 366. The van der Waals surface area contributed by atoms with Crippen molar-refractivity contribution < 1.29 is 4.79 Å². The van der Waals surface area contributed by atoms with Crippen LogP contribution < -0.4 is 5.32 Å². The highest BCUT2D eigenvalue weighted by molar-refractivity contribution is 5.96. The van der Waals surface area contributed by atoms with E-state index in [1.807, 2.05) is 38.1 Å². The van der Waals surface area contributed by atoms with Gasteiger partial charge in [-0.05, 0) is 31.5 Å². The molecule has 74 valence electrons. The number of carbonyl (C=O) groups excluding carboxylic acids is 1. The van der Waals surface area contributed by atoms with E-state index in [0.717, 1.165) is 5.69 Å². The number of hydrogen-bond acceptors (Lipinski definition) is 2. The average Bonchev–Trinajstić information content (AvgIpc) is 2.14. The van der Waals surface area contributed by atoms with Gasteiger partial charge in [0.15, 0.2) is 5.78 Å². The molecule has 0 fully saturated rings. The van der Waals surface area contributed by atoms with Crippen molar-refractivity contribution in [2.24, 2.45) is 0 Å². The SMILES string of the molecule is C/C=C(\Nc1cccc(C)c1)C(C)=O. The number of hydrogen-bond donors (Lipinski definition) is 1. The first kappa shape index (κ1) is 10.5. The van der Waals surface area contributed by atoms with Gasteiger partial charge in [-0.15, -0.1) is 0 Å². The first-order valence-electron chi connectivity index (χ1n) is 4.64. The summed E-state index contributed by atoms with van der Waals surface area (Å²) < 4.78 is 0. The molecule has 0 aliphatic heterocycles. The van der Waals surface area contributed by atoms with Crippen LogP contribution in [0.5, 0.6) is 0 Å². The fourth-order valence-electron chi connectivity index (χ4n) is 1.24. The number of benzene rings is 1. The summed E-state index contributed by atoms with van der Waals surface area (Å²) in [5.74, 6) is 0.0500. The van der Waals surface area contributed by atoms with Gasteiger partial charge in [0.05, 0.1) is 5.70 Å². The van der Waals surface area contributed by atoms with E-state index in [2.05, 4.69) is 5.32 Å². The molecule has 0 aliphatic rings. The van der Waals surface area contributed by atoms with E-state index in [4.69, 9.17) is 0 Å². The van der Waals surface area contributed by atoms with Crippen LogP contribution in [0.25, 0.3) is 0 Å². The zero-order chi connectivity index (χ0) is 10.6. The summed E-state index contributed by atoms with van der Waals surface area (Å²) in [6.07, 6.45) is 1.78. The number of ketones is 1. The molecule has 1 aromatic rings. The van der Waals surface area contributed by atoms with Crippen LogP contribution in [-0.4, -0.2) is 5.78 Å². The lowest BCUT2D eigenvalue weighted by Crippen LogP contribution is -2.07. The molecular formula is C12H15NO. The minimum Gasteiger partial charge on any atom is -0.353 e. The van der Waals surface area contributed by atoms with E-state index in [-0.39, 0.29) is 5.78 Å². The first-order chi connectivity index (χ1) is 6.63. The summed E-state index contributed by atoms with van der Waals surface area (Å²) in [4.78, 5) is 11.1. The molecular weight excluding hydrogens is 174 g/mol. The van der Waals surface area contributed by atoms with Gasteiger partial charge in [-0.2, -0.15) is 0 Å². The van der Waals surface area contributed by atoms with Crippen molar-refractivity contribution in [3.05, 3.63) is 41.6 Å². The van der Waals surface area contributed by atoms with Gasteiger partial charge in [0.2, 0.25) is 0 Å².